The molecule has 0 spiro atoms. The number of carbonyl (C=O) groups is 5. The number of hydrogen-bond acceptors (Lipinski definition) is 14. The fourth-order valence-corrected chi connectivity index (χ4v) is 7.23. The molecule has 18 heteroatoms. The van der Waals surface area contributed by atoms with Crippen LogP contribution in [-0.2, 0) is 35.0 Å². The van der Waals surface area contributed by atoms with E-state index in [9.17, 15) is 29.2 Å². The minimum absolute atomic E-state index is 0.0174. The van der Waals surface area contributed by atoms with Gasteiger partial charge in [-0.2, -0.15) is 15.0 Å². The van der Waals surface area contributed by atoms with Crippen LogP contribution in [0.3, 0.4) is 0 Å². The minimum atomic E-state index is -1.37. The first kappa shape index (κ1) is 43.1. The number of carbonyl (C=O) groups excluding carboxylic acids is 5. The predicted octanol–water partition coefficient (Wildman–Crippen LogP) is 4.05. The number of nitrogens with one attached hydrogen (secondary N) is 2. The van der Waals surface area contributed by atoms with E-state index in [4.69, 9.17) is 18.9 Å². The molecular formula is C43H47FN8O9. The molecule has 61 heavy (non-hydrogen) atoms. The smallest absolute Gasteiger partial charge is 0.262 e. The Labute approximate surface area is 350 Å². The van der Waals surface area contributed by atoms with Crippen molar-refractivity contribution in [3.63, 3.8) is 0 Å². The Balaban J connectivity index is 0.741. The molecule has 1 aliphatic carbocycles. The Kier molecular flexibility index (Phi) is 14.2. The second-order valence-electron chi connectivity index (χ2n) is 15.1. The molecule has 3 unspecified atom stereocenters. The van der Waals surface area contributed by atoms with Crippen molar-refractivity contribution in [1.29, 1.82) is 5.26 Å². The maximum absolute atomic E-state index is 15.1. The number of halogens is 1. The monoisotopic (exact) mass is 838 g/mol. The first-order chi connectivity index (χ1) is 29.6. The lowest BCUT2D eigenvalue weighted by Crippen LogP contribution is -2.54. The molecule has 3 aliphatic rings. The summed E-state index contributed by atoms with van der Waals surface area (Å²) in [6.07, 6.45) is 5.62. The second-order valence-corrected chi connectivity index (χ2v) is 15.1. The number of nitrogens with zero attached hydrogens (tertiary/aromatic N) is 6. The van der Waals surface area contributed by atoms with Crippen LogP contribution in [0, 0.1) is 11.3 Å². The van der Waals surface area contributed by atoms with Crippen LogP contribution >= 0.6 is 0 Å². The summed E-state index contributed by atoms with van der Waals surface area (Å²) in [6, 6.07) is 9.81. The Bertz CT molecular complexity index is 2330. The number of imide groups is 2. The van der Waals surface area contributed by atoms with Gasteiger partial charge in [0.25, 0.3) is 11.8 Å². The zero-order chi connectivity index (χ0) is 42.9. The highest BCUT2D eigenvalue weighted by Crippen LogP contribution is 2.32. The summed E-state index contributed by atoms with van der Waals surface area (Å²) in [5, 5.41) is 19.9. The number of aromatic nitrogens is 4. The molecule has 17 nitrogen and oxygen atoms in total. The summed E-state index contributed by atoms with van der Waals surface area (Å²) in [7, 11) is 0. The first-order valence-corrected chi connectivity index (χ1v) is 20.5. The Morgan fingerprint density at radius 1 is 0.967 bits per heavy atom. The van der Waals surface area contributed by atoms with Gasteiger partial charge in [0.1, 0.15) is 18.3 Å². The molecule has 320 valence electrons. The average Bonchev–Trinajstić information content (AvgIpc) is 3.92. The fourth-order valence-electron chi connectivity index (χ4n) is 7.23. The summed E-state index contributed by atoms with van der Waals surface area (Å²) in [5.41, 5.74) is 3.18. The number of piperidine rings is 1. The highest BCUT2D eigenvalue weighted by molar-refractivity contribution is 6.24. The van der Waals surface area contributed by atoms with Crippen LogP contribution in [0.5, 0.6) is 0 Å². The van der Waals surface area contributed by atoms with E-state index in [0.29, 0.717) is 90.7 Å². The zero-order valence-corrected chi connectivity index (χ0v) is 33.8. The number of aryl methyl sites for hydroxylation is 1. The molecule has 1 saturated heterocycles. The van der Waals surface area contributed by atoms with Crippen molar-refractivity contribution in [3.05, 3.63) is 76.7 Å². The molecule has 3 atom stereocenters. The average molecular weight is 839 g/mol. The SMILES string of the molecule is CC(OCCOCCOCCOCCCc1cccc2c1C(=O)N(C1CCC(=O)NC1=O)C2=O)C(F)CCC(=O)c1cnc(-n2ncc3cc(C#N)cnc32)cc1NC1CC1. The number of amides is 4. The summed E-state index contributed by atoms with van der Waals surface area (Å²) < 4.78 is 39.0. The van der Waals surface area contributed by atoms with Gasteiger partial charge in [0.2, 0.25) is 11.8 Å². The van der Waals surface area contributed by atoms with E-state index in [-0.39, 0.29) is 56.3 Å². The summed E-state index contributed by atoms with van der Waals surface area (Å²) in [6.45, 7) is 3.78. The van der Waals surface area contributed by atoms with Crippen LogP contribution in [0.1, 0.15) is 94.1 Å². The van der Waals surface area contributed by atoms with Gasteiger partial charge in [0.05, 0.1) is 79.9 Å². The maximum Gasteiger partial charge on any atom is 0.262 e. The lowest BCUT2D eigenvalue weighted by molar-refractivity contribution is -0.136. The summed E-state index contributed by atoms with van der Waals surface area (Å²) in [4.78, 5) is 73.3. The fraction of sp³-hybridized carbons (Fsp3) is 0.465. The van der Waals surface area contributed by atoms with E-state index in [1.807, 2.05) is 0 Å². The molecule has 4 aromatic rings. The third-order valence-electron chi connectivity index (χ3n) is 10.7. The van der Waals surface area contributed by atoms with Crippen LogP contribution in [0.4, 0.5) is 10.1 Å². The predicted molar refractivity (Wildman–Crippen MR) is 216 cm³/mol. The van der Waals surface area contributed by atoms with E-state index < -0.39 is 41.9 Å². The van der Waals surface area contributed by atoms with Gasteiger partial charge in [-0.1, -0.05) is 12.1 Å². The number of ether oxygens (including phenoxy) is 4. The summed E-state index contributed by atoms with van der Waals surface area (Å²) in [5.74, 6) is -1.89. The number of fused-ring (bicyclic) bond motifs is 2. The third-order valence-corrected chi connectivity index (χ3v) is 10.7. The Morgan fingerprint density at radius 2 is 1.72 bits per heavy atom. The number of rotatable bonds is 23. The third kappa shape index (κ3) is 10.5. The Hall–Kier alpha value is -6.00. The van der Waals surface area contributed by atoms with Crippen molar-refractivity contribution in [2.45, 2.75) is 82.6 Å². The van der Waals surface area contributed by atoms with Crippen LogP contribution in [0.15, 0.2) is 48.9 Å². The summed E-state index contributed by atoms with van der Waals surface area (Å²) >= 11 is 0. The van der Waals surface area contributed by atoms with Gasteiger partial charge in [0.15, 0.2) is 17.2 Å². The number of ketones is 1. The first-order valence-electron chi connectivity index (χ1n) is 20.5. The quantitative estimate of drug-likeness (QED) is 0.0613. The number of pyridine rings is 2. The second kappa shape index (κ2) is 20.0. The molecule has 1 saturated carbocycles. The van der Waals surface area contributed by atoms with E-state index >= 15 is 4.39 Å². The standard InChI is InChI=1S/C43H47FN8O9/c1-26(33(44)9-11-36(53)32-25-46-37(21-34(32)49-30-7-8-30)52-40-29(24-48-52)20-27(22-45)23-47-40)61-19-18-60-17-16-59-15-14-58-13-3-5-28-4-2-6-31-39(28)43(57)51(42(31)56)35-10-12-38(54)50-41(35)55/h2,4,6,20-21,23-26,30,33,35H,3,5,7-19H2,1H3,(H,46,49)(H,50,54,55). The van der Waals surface area contributed by atoms with E-state index in [0.717, 1.165) is 17.7 Å². The lowest BCUT2D eigenvalue weighted by Gasteiger charge is -2.27. The van der Waals surface area contributed by atoms with Gasteiger partial charge in [-0.25, -0.2) is 14.4 Å². The van der Waals surface area contributed by atoms with E-state index in [2.05, 4.69) is 31.8 Å². The van der Waals surface area contributed by atoms with Gasteiger partial charge in [0, 0.05) is 49.3 Å². The van der Waals surface area contributed by atoms with Crippen LogP contribution in [0.25, 0.3) is 16.9 Å². The Morgan fingerprint density at radius 3 is 2.46 bits per heavy atom. The van der Waals surface area contributed by atoms with Crippen molar-refractivity contribution in [3.8, 4) is 11.9 Å². The highest BCUT2D eigenvalue weighted by Gasteiger charge is 2.45. The van der Waals surface area contributed by atoms with Crippen molar-refractivity contribution >= 4 is 46.1 Å². The van der Waals surface area contributed by atoms with Gasteiger partial charge in [-0.05, 0) is 63.1 Å². The van der Waals surface area contributed by atoms with Gasteiger partial charge in [-0.15, -0.1) is 0 Å². The maximum atomic E-state index is 15.1. The van der Waals surface area contributed by atoms with Crippen LogP contribution in [-0.4, -0.2) is 125 Å². The van der Waals surface area contributed by atoms with E-state index in [1.165, 1.54) is 12.4 Å². The number of nitriles is 1. The topological polar surface area (TPSA) is 217 Å². The number of anilines is 1. The molecule has 5 heterocycles. The molecule has 2 N–H and O–H groups in total. The number of benzene rings is 1. The molecule has 4 amide bonds. The van der Waals surface area contributed by atoms with Crippen LogP contribution < -0.4 is 10.6 Å². The molecule has 1 aromatic carbocycles. The van der Waals surface area contributed by atoms with Crippen molar-refractivity contribution in [2.75, 3.05) is 51.6 Å². The largest absolute Gasteiger partial charge is 0.382 e. The highest BCUT2D eigenvalue weighted by atomic mass is 19.1. The molecule has 3 aromatic heterocycles. The van der Waals surface area contributed by atoms with Gasteiger partial charge < -0.3 is 24.3 Å². The molecule has 2 fully saturated rings. The number of Topliss-reactive ketones (excluding diaryl/α,β-unsaturated/α-hetero) is 1. The molecule has 0 radical (unpaired) electrons. The van der Waals surface area contributed by atoms with Gasteiger partial charge >= 0.3 is 0 Å². The molecule has 7 rings (SSSR count). The van der Waals surface area contributed by atoms with Gasteiger partial charge in [-0.3, -0.25) is 34.2 Å². The van der Waals surface area contributed by atoms with Crippen molar-refractivity contribution < 1.29 is 47.3 Å². The normalized spacial score (nSPS) is 17.3. The van der Waals surface area contributed by atoms with Crippen LogP contribution in [0.2, 0.25) is 0 Å². The minimum Gasteiger partial charge on any atom is -0.382 e. The molecule has 0 bridgehead atoms. The van der Waals surface area contributed by atoms with Crippen molar-refractivity contribution in [1.82, 2.24) is 30.0 Å². The lowest BCUT2D eigenvalue weighted by atomic mass is 9.99. The molecular weight excluding hydrogens is 792 g/mol. The van der Waals surface area contributed by atoms with Crippen molar-refractivity contribution in [2.24, 2.45) is 0 Å². The van der Waals surface area contributed by atoms with E-state index in [1.54, 1.807) is 48.1 Å². The zero-order valence-electron chi connectivity index (χ0n) is 33.8. The number of alkyl halides is 1. The number of hydrogen-bond donors (Lipinski definition) is 2. The molecule has 2 aliphatic heterocycles.